The van der Waals surface area contributed by atoms with Gasteiger partial charge < -0.3 is 9.47 Å². The number of unbranched alkanes of at least 4 members (excludes halogenated alkanes) is 7. The minimum Gasteiger partial charge on any atom is -0.466 e. The Morgan fingerprint density at radius 2 is 1.19 bits per heavy atom. The minimum absolute atomic E-state index is 0.0391. The molecule has 0 atom stereocenters. The van der Waals surface area contributed by atoms with Gasteiger partial charge in [-0.1, -0.05) is 72.1 Å². The van der Waals surface area contributed by atoms with Gasteiger partial charge in [0.1, 0.15) is 6.10 Å². The first-order valence-corrected chi connectivity index (χ1v) is 11.0. The monoisotopic (exact) mass is 370 g/mol. The normalized spacial score (nSPS) is 10.9. The van der Waals surface area contributed by atoms with E-state index >= 15 is 0 Å². The second-order valence-corrected chi connectivity index (χ2v) is 7.24. The zero-order valence-electron chi connectivity index (χ0n) is 17.5. The highest BCUT2D eigenvalue weighted by Crippen LogP contribution is 2.13. The lowest BCUT2D eigenvalue weighted by Crippen LogP contribution is -2.17. The van der Waals surface area contributed by atoms with Crippen molar-refractivity contribution in [2.24, 2.45) is 0 Å². The molecule has 0 aromatic carbocycles. The number of hydrogen-bond donors (Lipinski definition) is 0. The summed E-state index contributed by atoms with van der Waals surface area (Å²) in [7, 11) is 0. The summed E-state index contributed by atoms with van der Waals surface area (Å²) >= 11 is 0. The summed E-state index contributed by atoms with van der Waals surface area (Å²) in [4.78, 5) is 23.4. The molecule has 0 aromatic heterocycles. The predicted molar refractivity (Wildman–Crippen MR) is 107 cm³/mol. The molecule has 4 nitrogen and oxygen atoms in total. The maximum absolute atomic E-state index is 11.9. The maximum atomic E-state index is 11.9. The molecule has 154 valence electrons. The molecule has 0 saturated heterocycles. The Bertz CT molecular complexity index is 335. The van der Waals surface area contributed by atoms with Crippen molar-refractivity contribution in [1.82, 2.24) is 0 Å². The summed E-state index contributed by atoms with van der Waals surface area (Å²) in [5.74, 6) is -0.0970. The fraction of sp³-hybridized carbons (Fsp3) is 0.909. The van der Waals surface area contributed by atoms with Gasteiger partial charge in [0.25, 0.3) is 0 Å². The minimum atomic E-state index is -0.0578. The van der Waals surface area contributed by atoms with E-state index < -0.39 is 0 Å². The van der Waals surface area contributed by atoms with Gasteiger partial charge in [0.05, 0.1) is 6.61 Å². The quantitative estimate of drug-likeness (QED) is 0.208. The third-order valence-corrected chi connectivity index (χ3v) is 4.54. The first kappa shape index (κ1) is 24.9. The highest BCUT2D eigenvalue weighted by Gasteiger charge is 2.12. The second kappa shape index (κ2) is 18.7. The van der Waals surface area contributed by atoms with E-state index in [-0.39, 0.29) is 18.0 Å². The van der Waals surface area contributed by atoms with Gasteiger partial charge in [0, 0.05) is 12.8 Å². The van der Waals surface area contributed by atoms with Crippen molar-refractivity contribution in [2.45, 2.75) is 123 Å². The van der Waals surface area contributed by atoms with Gasteiger partial charge in [0.2, 0.25) is 0 Å². The Morgan fingerprint density at radius 1 is 0.654 bits per heavy atom. The van der Waals surface area contributed by atoms with Crippen molar-refractivity contribution < 1.29 is 19.1 Å². The topological polar surface area (TPSA) is 52.6 Å². The highest BCUT2D eigenvalue weighted by molar-refractivity contribution is 5.69. The molecule has 0 heterocycles. The van der Waals surface area contributed by atoms with Crippen molar-refractivity contribution in [1.29, 1.82) is 0 Å². The lowest BCUT2D eigenvalue weighted by Gasteiger charge is -2.16. The van der Waals surface area contributed by atoms with Crippen LogP contribution in [0.4, 0.5) is 0 Å². The Kier molecular flexibility index (Phi) is 18.0. The first-order valence-electron chi connectivity index (χ1n) is 11.0. The van der Waals surface area contributed by atoms with Crippen molar-refractivity contribution in [3.63, 3.8) is 0 Å². The molecule has 0 bridgehead atoms. The number of esters is 2. The third kappa shape index (κ3) is 16.4. The predicted octanol–water partition coefficient (Wildman–Crippen LogP) is 6.35. The van der Waals surface area contributed by atoms with Gasteiger partial charge >= 0.3 is 11.9 Å². The van der Waals surface area contributed by atoms with Crippen LogP contribution >= 0.6 is 0 Å². The molecule has 0 aliphatic heterocycles. The summed E-state index contributed by atoms with van der Waals surface area (Å²) in [6.45, 7) is 6.96. The Balaban J connectivity index is 3.46. The van der Waals surface area contributed by atoms with Crippen LogP contribution < -0.4 is 0 Å². The molecule has 0 radical (unpaired) electrons. The van der Waals surface area contributed by atoms with Crippen LogP contribution in [0.3, 0.4) is 0 Å². The second-order valence-electron chi connectivity index (χ2n) is 7.24. The van der Waals surface area contributed by atoms with Crippen LogP contribution in [0.1, 0.15) is 117 Å². The highest BCUT2D eigenvalue weighted by atomic mass is 16.5. The third-order valence-electron chi connectivity index (χ3n) is 4.54. The van der Waals surface area contributed by atoms with Crippen LogP contribution in [-0.2, 0) is 19.1 Å². The smallest absolute Gasteiger partial charge is 0.306 e. The van der Waals surface area contributed by atoms with E-state index in [1.54, 1.807) is 0 Å². The largest absolute Gasteiger partial charge is 0.466 e. The standard InChI is InChI=1S/C22H42O4/c1-4-7-14-19-25-21(23)17-12-10-8-9-11-13-18-22(24)26-20(15-5-2)16-6-3/h20H,4-19H2,1-3H3. The van der Waals surface area contributed by atoms with E-state index in [0.29, 0.717) is 19.4 Å². The van der Waals surface area contributed by atoms with Gasteiger partial charge in [-0.3, -0.25) is 9.59 Å². The molecule has 0 N–H and O–H groups in total. The maximum Gasteiger partial charge on any atom is 0.306 e. The zero-order chi connectivity index (χ0) is 19.5. The van der Waals surface area contributed by atoms with Crippen LogP contribution in [0.15, 0.2) is 0 Å². The van der Waals surface area contributed by atoms with E-state index in [9.17, 15) is 9.59 Å². The zero-order valence-corrected chi connectivity index (χ0v) is 17.5. The van der Waals surface area contributed by atoms with E-state index in [1.165, 1.54) is 0 Å². The molecule has 0 aliphatic carbocycles. The van der Waals surface area contributed by atoms with Crippen molar-refractivity contribution in [2.75, 3.05) is 6.61 Å². The molecule has 0 amide bonds. The van der Waals surface area contributed by atoms with Crippen molar-refractivity contribution in [3.05, 3.63) is 0 Å². The van der Waals surface area contributed by atoms with Crippen LogP contribution in [0.2, 0.25) is 0 Å². The summed E-state index contributed by atoms with van der Waals surface area (Å²) in [5, 5.41) is 0. The van der Waals surface area contributed by atoms with Crippen molar-refractivity contribution in [3.8, 4) is 0 Å². The van der Waals surface area contributed by atoms with E-state index in [4.69, 9.17) is 9.47 Å². The molecular formula is C22H42O4. The number of rotatable bonds is 18. The lowest BCUT2D eigenvalue weighted by atomic mass is 10.1. The van der Waals surface area contributed by atoms with Crippen LogP contribution in [0.25, 0.3) is 0 Å². The number of hydrogen-bond acceptors (Lipinski definition) is 4. The molecule has 4 heteroatoms. The molecule has 0 aromatic rings. The Morgan fingerprint density at radius 3 is 1.73 bits per heavy atom. The SMILES string of the molecule is CCCCCOC(=O)CCCCCCCCC(=O)OC(CCC)CCC. The number of carbonyl (C=O) groups excluding carboxylic acids is 2. The summed E-state index contributed by atoms with van der Waals surface area (Å²) in [6, 6.07) is 0. The number of ether oxygens (including phenoxy) is 2. The number of carbonyl (C=O) groups is 2. The average molecular weight is 371 g/mol. The Labute approximate surface area is 161 Å². The molecule has 26 heavy (non-hydrogen) atoms. The average Bonchev–Trinajstić information content (AvgIpc) is 2.61. The van der Waals surface area contributed by atoms with E-state index in [2.05, 4.69) is 20.8 Å². The van der Waals surface area contributed by atoms with Crippen LogP contribution in [-0.4, -0.2) is 24.6 Å². The van der Waals surface area contributed by atoms with Crippen LogP contribution in [0.5, 0.6) is 0 Å². The van der Waals surface area contributed by atoms with Crippen molar-refractivity contribution >= 4 is 11.9 Å². The molecule has 0 saturated carbocycles. The molecule has 0 unspecified atom stereocenters. The molecule has 0 fully saturated rings. The van der Waals surface area contributed by atoms with Gasteiger partial charge in [-0.15, -0.1) is 0 Å². The van der Waals surface area contributed by atoms with E-state index in [1.807, 2.05) is 0 Å². The van der Waals surface area contributed by atoms with Gasteiger partial charge in [-0.25, -0.2) is 0 Å². The fourth-order valence-electron chi connectivity index (χ4n) is 3.01. The van der Waals surface area contributed by atoms with Gasteiger partial charge in [-0.05, 0) is 32.1 Å². The Hall–Kier alpha value is -1.06. The fourth-order valence-corrected chi connectivity index (χ4v) is 3.01. The van der Waals surface area contributed by atoms with Crippen LogP contribution in [0, 0.1) is 0 Å². The summed E-state index contributed by atoms with van der Waals surface area (Å²) in [5.41, 5.74) is 0. The molecule has 0 aliphatic rings. The van der Waals surface area contributed by atoms with E-state index in [0.717, 1.165) is 83.5 Å². The molecule has 0 rings (SSSR count). The summed E-state index contributed by atoms with van der Waals surface area (Å²) in [6.07, 6.45) is 14.7. The molecule has 0 spiro atoms. The first-order chi connectivity index (χ1) is 12.6. The molecular weight excluding hydrogens is 328 g/mol. The lowest BCUT2D eigenvalue weighted by molar-refractivity contribution is -0.150. The summed E-state index contributed by atoms with van der Waals surface area (Å²) < 4.78 is 10.8. The van der Waals surface area contributed by atoms with Gasteiger partial charge in [0.15, 0.2) is 0 Å². The van der Waals surface area contributed by atoms with Gasteiger partial charge in [-0.2, -0.15) is 0 Å².